The molecule has 0 atom stereocenters. The van der Waals surface area contributed by atoms with Gasteiger partial charge in [-0.3, -0.25) is 9.59 Å². The molecule has 0 radical (unpaired) electrons. The molecule has 0 unspecified atom stereocenters. The molecule has 0 heterocycles. The van der Waals surface area contributed by atoms with Crippen LogP contribution >= 0.6 is 0 Å². The number of benzene rings is 2. The second-order valence-corrected chi connectivity index (χ2v) is 15.5. The quantitative estimate of drug-likeness (QED) is 0.0686. The minimum atomic E-state index is -0.378. The molecule has 0 spiro atoms. The zero-order valence-electron chi connectivity index (χ0n) is 35.7. The first-order valence-electron chi connectivity index (χ1n) is 20.2. The summed E-state index contributed by atoms with van der Waals surface area (Å²) in [7, 11) is 0. The molecule has 0 amide bonds. The third-order valence-electron chi connectivity index (χ3n) is 9.88. The molecule has 0 saturated heterocycles. The van der Waals surface area contributed by atoms with Gasteiger partial charge in [-0.15, -0.1) is 0 Å². The molecule has 0 saturated carbocycles. The molecule has 2 rings (SSSR count). The number of ether oxygens (including phenoxy) is 2. The van der Waals surface area contributed by atoms with Crippen LogP contribution in [0.5, 0.6) is 11.5 Å². The lowest BCUT2D eigenvalue weighted by Crippen LogP contribution is -2.09. The van der Waals surface area contributed by atoms with E-state index >= 15 is 0 Å². The Bertz CT molecular complexity index is 1760. The topological polar surface area (TPSA) is 52.6 Å². The molecule has 0 aliphatic heterocycles. The standard InChI is InChI=1S/C50H70O4/c1-36(2)20-14-21-37(3)22-15-23-38(4)24-16-25-39(5)26-17-27-40(6)28-18-29-41(7)30-19-31-42(8)34-35-46-43(9)49(53-44(10)51)47-32-12-13-33-48(47)50(46)54-45(11)52/h12-13,20,22,24,26,28,30,32-34H,14-19,21,23,25,27,29,31,35H2,1-11H3. The Hall–Kier alpha value is -4.18. The summed E-state index contributed by atoms with van der Waals surface area (Å²) >= 11 is 0. The predicted molar refractivity (Wildman–Crippen MR) is 232 cm³/mol. The van der Waals surface area contributed by atoms with Crippen molar-refractivity contribution in [3.63, 3.8) is 0 Å². The highest BCUT2D eigenvalue weighted by atomic mass is 16.5. The van der Waals surface area contributed by atoms with E-state index in [1.54, 1.807) is 0 Å². The van der Waals surface area contributed by atoms with Gasteiger partial charge in [0.25, 0.3) is 0 Å². The summed E-state index contributed by atoms with van der Waals surface area (Å²) < 4.78 is 11.4. The molecular formula is C50H70O4. The fourth-order valence-electron chi connectivity index (χ4n) is 6.54. The largest absolute Gasteiger partial charge is 0.426 e. The van der Waals surface area contributed by atoms with Crippen molar-refractivity contribution >= 4 is 22.7 Å². The fraction of sp³-hybridized carbons (Fsp3) is 0.480. The number of allylic oxidation sites excluding steroid dienone is 14. The number of fused-ring (bicyclic) bond motifs is 1. The van der Waals surface area contributed by atoms with Crippen molar-refractivity contribution < 1.29 is 19.1 Å². The molecule has 0 bridgehead atoms. The molecule has 4 heteroatoms. The van der Waals surface area contributed by atoms with Gasteiger partial charge in [0, 0.05) is 30.2 Å². The minimum Gasteiger partial charge on any atom is -0.426 e. The Morgan fingerprint density at radius 3 is 1.13 bits per heavy atom. The average molecular weight is 735 g/mol. The van der Waals surface area contributed by atoms with Crippen molar-refractivity contribution in [3.05, 3.63) is 117 Å². The van der Waals surface area contributed by atoms with Gasteiger partial charge < -0.3 is 9.47 Å². The van der Waals surface area contributed by atoms with E-state index in [0.29, 0.717) is 17.9 Å². The van der Waals surface area contributed by atoms with Crippen LogP contribution in [-0.4, -0.2) is 11.9 Å². The first-order chi connectivity index (χ1) is 25.7. The summed E-state index contributed by atoms with van der Waals surface area (Å²) in [5.41, 5.74) is 11.7. The molecule has 4 nitrogen and oxygen atoms in total. The van der Waals surface area contributed by atoms with Gasteiger partial charge in [-0.25, -0.2) is 0 Å². The molecule has 2 aromatic rings. The van der Waals surface area contributed by atoms with E-state index in [1.165, 1.54) is 59.3 Å². The van der Waals surface area contributed by atoms with E-state index in [2.05, 4.69) is 97.9 Å². The Labute approximate surface area is 328 Å². The highest BCUT2D eigenvalue weighted by Gasteiger charge is 2.20. The molecule has 0 aliphatic rings. The number of hydrogen-bond acceptors (Lipinski definition) is 4. The van der Waals surface area contributed by atoms with Crippen molar-refractivity contribution in [1.82, 2.24) is 0 Å². The fourth-order valence-corrected chi connectivity index (χ4v) is 6.54. The predicted octanol–water partition coefficient (Wildman–Crippen LogP) is 14.9. The lowest BCUT2D eigenvalue weighted by molar-refractivity contribution is -0.133. The first kappa shape index (κ1) is 46.0. The van der Waals surface area contributed by atoms with Gasteiger partial charge in [-0.1, -0.05) is 106 Å². The van der Waals surface area contributed by atoms with Gasteiger partial charge in [-0.05, 0) is 151 Å². The maximum Gasteiger partial charge on any atom is 0.308 e. The van der Waals surface area contributed by atoms with Crippen LogP contribution in [-0.2, 0) is 16.0 Å². The normalized spacial score (nSPS) is 13.4. The second-order valence-electron chi connectivity index (χ2n) is 15.5. The zero-order valence-corrected chi connectivity index (χ0v) is 35.7. The maximum absolute atomic E-state index is 12.1. The number of esters is 2. The van der Waals surface area contributed by atoms with E-state index in [9.17, 15) is 9.59 Å². The molecule has 0 aromatic heterocycles. The third-order valence-corrected chi connectivity index (χ3v) is 9.88. The number of hydrogen-bond donors (Lipinski definition) is 0. The Morgan fingerprint density at radius 2 is 0.778 bits per heavy atom. The highest BCUT2D eigenvalue weighted by molar-refractivity contribution is 5.98. The lowest BCUT2D eigenvalue weighted by atomic mass is 9.95. The Balaban J connectivity index is 1.81. The monoisotopic (exact) mass is 735 g/mol. The van der Waals surface area contributed by atoms with Crippen LogP contribution in [0.15, 0.2) is 106 Å². The summed E-state index contributed by atoms with van der Waals surface area (Å²) in [6.07, 6.45) is 30.4. The van der Waals surface area contributed by atoms with E-state index < -0.39 is 0 Å². The second kappa shape index (κ2) is 25.0. The van der Waals surface area contributed by atoms with Crippen LogP contribution in [0, 0.1) is 6.92 Å². The van der Waals surface area contributed by atoms with Gasteiger partial charge in [0.1, 0.15) is 11.5 Å². The van der Waals surface area contributed by atoms with Crippen molar-refractivity contribution in [2.45, 2.75) is 160 Å². The Morgan fingerprint density at radius 1 is 0.463 bits per heavy atom. The lowest BCUT2D eigenvalue weighted by Gasteiger charge is -2.18. The summed E-state index contributed by atoms with van der Waals surface area (Å²) in [5.74, 6) is 0.306. The summed E-state index contributed by atoms with van der Waals surface area (Å²) in [5, 5.41) is 1.51. The maximum atomic E-state index is 12.1. The number of carbonyl (C=O) groups excluding carboxylic acids is 2. The molecule has 0 aliphatic carbocycles. The molecule has 2 aromatic carbocycles. The summed E-state index contributed by atoms with van der Waals surface area (Å²) in [4.78, 5) is 24.0. The molecular weight excluding hydrogens is 665 g/mol. The van der Waals surface area contributed by atoms with Crippen LogP contribution < -0.4 is 9.47 Å². The van der Waals surface area contributed by atoms with E-state index in [4.69, 9.17) is 9.47 Å². The van der Waals surface area contributed by atoms with Crippen LogP contribution in [0.1, 0.15) is 157 Å². The van der Waals surface area contributed by atoms with Crippen LogP contribution in [0.2, 0.25) is 0 Å². The van der Waals surface area contributed by atoms with Gasteiger partial charge >= 0.3 is 11.9 Å². The average Bonchev–Trinajstić information content (AvgIpc) is 3.09. The van der Waals surface area contributed by atoms with Crippen LogP contribution in [0.4, 0.5) is 0 Å². The van der Waals surface area contributed by atoms with E-state index in [0.717, 1.165) is 92.5 Å². The van der Waals surface area contributed by atoms with E-state index in [-0.39, 0.29) is 11.9 Å². The Kier molecular flexibility index (Phi) is 21.3. The molecule has 0 fully saturated rings. The van der Waals surface area contributed by atoms with Crippen molar-refractivity contribution in [2.75, 3.05) is 0 Å². The zero-order chi connectivity index (χ0) is 40.0. The molecule has 0 N–H and O–H groups in total. The molecule has 294 valence electrons. The van der Waals surface area contributed by atoms with E-state index in [1.807, 2.05) is 31.2 Å². The van der Waals surface area contributed by atoms with Crippen LogP contribution in [0.3, 0.4) is 0 Å². The van der Waals surface area contributed by atoms with Crippen molar-refractivity contribution in [1.29, 1.82) is 0 Å². The number of carbonyl (C=O) groups is 2. The SMILES string of the molecule is CC(=O)Oc1c(C)c(CC=C(C)CCC=C(C)CCC=C(C)CCC=C(C)CCC=C(C)CCC=C(C)CCC=C(C)C)c(OC(C)=O)c2ccccc12. The van der Waals surface area contributed by atoms with Crippen LogP contribution in [0.25, 0.3) is 10.8 Å². The summed E-state index contributed by atoms with van der Waals surface area (Å²) in [6.45, 7) is 22.5. The highest BCUT2D eigenvalue weighted by Crippen LogP contribution is 2.41. The van der Waals surface area contributed by atoms with Crippen molar-refractivity contribution in [3.8, 4) is 11.5 Å². The van der Waals surface area contributed by atoms with Gasteiger partial charge in [0.05, 0.1) is 0 Å². The van der Waals surface area contributed by atoms with Gasteiger partial charge in [0.2, 0.25) is 0 Å². The molecule has 54 heavy (non-hydrogen) atoms. The van der Waals surface area contributed by atoms with Gasteiger partial charge in [-0.2, -0.15) is 0 Å². The first-order valence-corrected chi connectivity index (χ1v) is 20.2. The summed E-state index contributed by atoms with van der Waals surface area (Å²) in [6, 6.07) is 7.58. The third kappa shape index (κ3) is 18.2. The number of rotatable bonds is 22. The van der Waals surface area contributed by atoms with Gasteiger partial charge in [0.15, 0.2) is 0 Å². The smallest absolute Gasteiger partial charge is 0.308 e. The minimum absolute atomic E-state index is 0.375. The van der Waals surface area contributed by atoms with Crippen molar-refractivity contribution in [2.24, 2.45) is 0 Å².